The van der Waals surface area contributed by atoms with Crippen molar-refractivity contribution in [3.63, 3.8) is 0 Å². The van der Waals surface area contributed by atoms with Crippen molar-refractivity contribution in [1.29, 1.82) is 0 Å². The molecule has 1 saturated heterocycles. The van der Waals surface area contributed by atoms with Crippen LogP contribution in [0.15, 0.2) is 83.9 Å². The molecule has 1 N–H and O–H groups in total. The monoisotopic (exact) mass is 595 g/mol. The molecule has 0 aliphatic carbocycles. The Balaban J connectivity index is 1.28. The van der Waals surface area contributed by atoms with Crippen LogP contribution in [0.2, 0.25) is 0 Å². The number of benzene rings is 3. The van der Waals surface area contributed by atoms with E-state index in [1.54, 1.807) is 23.9 Å². The molecular weight excluding hydrogens is 554 g/mol. The van der Waals surface area contributed by atoms with Crippen LogP contribution >= 0.6 is 0 Å². The quantitative estimate of drug-likeness (QED) is 0.232. The molecule has 3 aromatic carbocycles. The number of amides is 1. The van der Waals surface area contributed by atoms with Crippen LogP contribution in [0.25, 0.3) is 5.69 Å². The molecule has 0 radical (unpaired) electrons. The van der Waals surface area contributed by atoms with Crippen molar-refractivity contribution in [2.75, 3.05) is 29.9 Å². The second kappa shape index (κ2) is 13.8. The largest absolute Gasteiger partial charge is 0.462 e. The molecule has 1 atom stereocenters. The summed E-state index contributed by atoms with van der Waals surface area (Å²) in [5.74, 6) is -0.456. The zero-order valence-corrected chi connectivity index (χ0v) is 25.9. The third kappa shape index (κ3) is 6.93. The van der Waals surface area contributed by atoms with Gasteiger partial charge in [0, 0.05) is 30.4 Å². The third-order valence-corrected chi connectivity index (χ3v) is 8.42. The molecule has 1 aliphatic heterocycles. The number of hydrogen-bond acceptors (Lipinski definition) is 6. The molecule has 1 amide bonds. The first-order chi connectivity index (χ1) is 21.2. The first-order valence-electron chi connectivity index (χ1n) is 15.4. The number of piperidine rings is 1. The molecule has 230 valence electrons. The SMILES string of the molecule is CCOC(=O)c1cc(NC(=O)C(Cc2ccccc2)C2CCN(c3ccc(-n4cnn(C(C)C)c4=O)cc3)CC2)ccc1C. The van der Waals surface area contributed by atoms with Gasteiger partial charge in [0.15, 0.2) is 0 Å². The summed E-state index contributed by atoms with van der Waals surface area (Å²) in [4.78, 5) is 41.3. The Labute approximate surface area is 258 Å². The molecule has 1 aliphatic rings. The average molecular weight is 596 g/mol. The van der Waals surface area contributed by atoms with Crippen LogP contribution in [0.3, 0.4) is 0 Å². The standard InChI is InChI=1S/C35H41N5O4/c1-5-44-34(42)31-22-28(12-11-25(31)4)37-33(41)32(21-26-9-7-6-8-10-26)27-17-19-38(20-18-27)29-13-15-30(16-14-29)39-23-36-40(24(2)3)35(39)43/h6-16,22-24,27,32H,5,17-21H2,1-4H3,(H,37,41). The summed E-state index contributed by atoms with van der Waals surface area (Å²) >= 11 is 0. The van der Waals surface area contributed by atoms with E-state index in [0.29, 0.717) is 24.3 Å². The van der Waals surface area contributed by atoms with Crippen LogP contribution in [-0.2, 0) is 16.0 Å². The maximum Gasteiger partial charge on any atom is 0.350 e. The highest BCUT2D eigenvalue weighted by Gasteiger charge is 2.32. The zero-order chi connectivity index (χ0) is 31.2. The summed E-state index contributed by atoms with van der Waals surface area (Å²) < 4.78 is 8.24. The lowest BCUT2D eigenvalue weighted by Gasteiger charge is -2.37. The van der Waals surface area contributed by atoms with E-state index < -0.39 is 0 Å². The van der Waals surface area contributed by atoms with Crippen molar-refractivity contribution in [3.05, 3.63) is 106 Å². The lowest BCUT2D eigenvalue weighted by molar-refractivity contribution is -0.121. The molecule has 4 aromatic rings. The van der Waals surface area contributed by atoms with Crippen molar-refractivity contribution >= 4 is 23.3 Å². The topological polar surface area (TPSA) is 98.5 Å². The predicted octanol–water partition coefficient (Wildman–Crippen LogP) is 5.81. The van der Waals surface area contributed by atoms with E-state index in [0.717, 1.165) is 48.4 Å². The number of carbonyl (C=O) groups is 2. The number of carbonyl (C=O) groups excluding carboxylic acids is 2. The number of hydrogen-bond donors (Lipinski definition) is 1. The average Bonchev–Trinajstić information content (AvgIpc) is 3.43. The van der Waals surface area contributed by atoms with E-state index in [1.165, 1.54) is 4.68 Å². The van der Waals surface area contributed by atoms with Gasteiger partial charge in [0.1, 0.15) is 6.33 Å². The lowest BCUT2D eigenvalue weighted by atomic mass is 9.80. The van der Waals surface area contributed by atoms with Crippen molar-refractivity contribution < 1.29 is 14.3 Å². The van der Waals surface area contributed by atoms with E-state index >= 15 is 0 Å². The minimum Gasteiger partial charge on any atom is -0.462 e. The number of anilines is 2. The predicted molar refractivity (Wildman–Crippen MR) is 173 cm³/mol. The summed E-state index contributed by atoms with van der Waals surface area (Å²) in [6.45, 7) is 9.45. The normalized spacial score (nSPS) is 14.4. The van der Waals surface area contributed by atoms with E-state index in [4.69, 9.17) is 4.74 Å². The van der Waals surface area contributed by atoms with E-state index in [2.05, 4.69) is 27.4 Å². The van der Waals surface area contributed by atoms with Gasteiger partial charge in [-0.1, -0.05) is 36.4 Å². The Morgan fingerprint density at radius 2 is 1.66 bits per heavy atom. The summed E-state index contributed by atoms with van der Waals surface area (Å²) in [7, 11) is 0. The smallest absolute Gasteiger partial charge is 0.350 e. The zero-order valence-electron chi connectivity index (χ0n) is 25.9. The molecule has 0 saturated carbocycles. The second-order valence-corrected chi connectivity index (χ2v) is 11.7. The Morgan fingerprint density at radius 3 is 2.30 bits per heavy atom. The van der Waals surface area contributed by atoms with Crippen LogP contribution in [0, 0.1) is 18.8 Å². The molecule has 5 rings (SSSR count). The highest BCUT2D eigenvalue weighted by molar-refractivity contribution is 5.96. The first kappa shape index (κ1) is 30.8. The van der Waals surface area contributed by atoms with Crippen LogP contribution in [0.1, 0.15) is 61.1 Å². The number of esters is 1. The molecule has 0 bridgehead atoms. The number of ether oxygens (including phenoxy) is 1. The number of aromatic nitrogens is 3. The van der Waals surface area contributed by atoms with E-state index in [9.17, 15) is 14.4 Å². The lowest BCUT2D eigenvalue weighted by Crippen LogP contribution is -2.40. The molecular formula is C35H41N5O4. The van der Waals surface area contributed by atoms with Gasteiger partial charge in [0.2, 0.25) is 5.91 Å². The summed E-state index contributed by atoms with van der Waals surface area (Å²) in [5, 5.41) is 7.33. The van der Waals surface area contributed by atoms with Gasteiger partial charge in [-0.05, 0) is 100 Å². The Hall–Kier alpha value is -4.66. The summed E-state index contributed by atoms with van der Waals surface area (Å²) in [6.07, 6.45) is 3.95. The molecule has 2 heterocycles. The van der Waals surface area contributed by atoms with Crippen LogP contribution in [0.4, 0.5) is 11.4 Å². The van der Waals surface area contributed by atoms with Crippen molar-refractivity contribution in [2.24, 2.45) is 11.8 Å². The maximum absolute atomic E-state index is 13.8. The van der Waals surface area contributed by atoms with Crippen molar-refractivity contribution in [1.82, 2.24) is 14.3 Å². The summed E-state index contributed by atoms with van der Waals surface area (Å²) in [5.41, 5.74) is 4.70. The molecule has 0 spiro atoms. The number of nitrogens with one attached hydrogen (secondary N) is 1. The first-order valence-corrected chi connectivity index (χ1v) is 15.4. The highest BCUT2D eigenvalue weighted by Crippen LogP contribution is 2.32. The Morgan fingerprint density at radius 1 is 0.977 bits per heavy atom. The third-order valence-electron chi connectivity index (χ3n) is 8.42. The Kier molecular flexibility index (Phi) is 9.62. The molecule has 9 nitrogen and oxygen atoms in total. The van der Waals surface area contributed by atoms with Gasteiger partial charge in [-0.2, -0.15) is 5.10 Å². The minimum absolute atomic E-state index is 0.00363. The number of aryl methyl sites for hydroxylation is 1. The number of rotatable bonds is 10. The van der Waals surface area contributed by atoms with Gasteiger partial charge in [0.05, 0.1) is 23.9 Å². The molecule has 1 unspecified atom stereocenters. The molecule has 9 heteroatoms. The Bertz CT molecular complexity index is 1630. The molecule has 44 heavy (non-hydrogen) atoms. The molecule has 1 fully saturated rings. The highest BCUT2D eigenvalue weighted by atomic mass is 16.5. The fourth-order valence-electron chi connectivity index (χ4n) is 5.94. The van der Waals surface area contributed by atoms with Crippen LogP contribution < -0.4 is 15.9 Å². The van der Waals surface area contributed by atoms with Gasteiger partial charge in [0.25, 0.3) is 0 Å². The minimum atomic E-state index is -0.389. The van der Waals surface area contributed by atoms with Crippen LogP contribution in [-0.4, -0.2) is 45.9 Å². The van der Waals surface area contributed by atoms with Gasteiger partial charge >= 0.3 is 11.7 Å². The maximum atomic E-state index is 13.8. The van der Waals surface area contributed by atoms with Crippen LogP contribution in [0.5, 0.6) is 0 Å². The fraction of sp³-hybridized carbons (Fsp3) is 0.371. The summed E-state index contributed by atoms with van der Waals surface area (Å²) in [6, 6.07) is 23.5. The molecule has 1 aromatic heterocycles. The van der Waals surface area contributed by atoms with E-state index in [-0.39, 0.29) is 35.4 Å². The van der Waals surface area contributed by atoms with Gasteiger partial charge in [-0.25, -0.2) is 18.8 Å². The van der Waals surface area contributed by atoms with Gasteiger partial charge in [-0.3, -0.25) is 4.79 Å². The van der Waals surface area contributed by atoms with E-state index in [1.807, 2.05) is 75.4 Å². The van der Waals surface area contributed by atoms with Crippen molar-refractivity contribution in [3.8, 4) is 5.69 Å². The number of nitrogens with zero attached hydrogens (tertiary/aromatic N) is 4. The van der Waals surface area contributed by atoms with Gasteiger partial charge in [-0.15, -0.1) is 0 Å². The van der Waals surface area contributed by atoms with Gasteiger partial charge < -0.3 is 15.0 Å². The van der Waals surface area contributed by atoms with Crippen molar-refractivity contribution in [2.45, 2.75) is 53.0 Å². The second-order valence-electron chi connectivity index (χ2n) is 11.7. The fourth-order valence-corrected chi connectivity index (χ4v) is 5.94.